The van der Waals surface area contributed by atoms with E-state index in [2.05, 4.69) is 13.8 Å². The molecule has 1 fully saturated rings. The Morgan fingerprint density at radius 1 is 0.677 bits per heavy atom. The number of carbonyl (C=O) groups excluding carboxylic acids is 2. The van der Waals surface area contributed by atoms with E-state index in [4.69, 9.17) is 0 Å². The van der Waals surface area contributed by atoms with Crippen molar-refractivity contribution >= 4 is 18.0 Å². The molecule has 174 valence electrons. The molecular weight excluding hydrogens is 394 g/mol. The van der Waals surface area contributed by atoms with Crippen molar-refractivity contribution < 1.29 is 19.8 Å². The Labute approximate surface area is 186 Å². The number of aromatic hydroxyl groups is 2. The van der Waals surface area contributed by atoms with Gasteiger partial charge in [0, 0.05) is 31.4 Å². The van der Waals surface area contributed by atoms with Gasteiger partial charge >= 0.3 is 0 Å². The molecule has 0 spiro atoms. The van der Waals surface area contributed by atoms with Gasteiger partial charge in [0.15, 0.2) is 11.8 Å². The maximum atomic E-state index is 13.0. The second-order valence-corrected chi connectivity index (χ2v) is 8.35. The predicted octanol–water partition coefficient (Wildman–Crippen LogP) is 5.05. The smallest absolute Gasteiger partial charge is 0.279 e. The molecule has 2 heterocycles. The van der Waals surface area contributed by atoms with E-state index >= 15 is 0 Å². The lowest BCUT2D eigenvalue weighted by Gasteiger charge is -2.27. The standard InChI is InChI=1S/C24H39N3O4/c1-3-5-7-9-11-13-17-26-23(30)20(19-25-21(28)15-16-22(25)29)24(31)27(26)18-14-12-10-8-6-4-2/h15-16,19,28-29H,3-14,17-18H2,1-2H3. The number of nitrogens with zero attached hydrogens (tertiary/aromatic N) is 3. The van der Waals surface area contributed by atoms with Crippen molar-refractivity contribution in [2.75, 3.05) is 13.1 Å². The fourth-order valence-corrected chi connectivity index (χ4v) is 3.92. The first-order valence-electron chi connectivity index (χ1n) is 12.0. The molecular formula is C24H39N3O4. The van der Waals surface area contributed by atoms with Crippen LogP contribution in [0.25, 0.3) is 6.20 Å². The van der Waals surface area contributed by atoms with Crippen molar-refractivity contribution in [2.45, 2.75) is 90.9 Å². The molecule has 1 aliphatic heterocycles. The van der Waals surface area contributed by atoms with Crippen LogP contribution in [0.3, 0.4) is 0 Å². The zero-order valence-corrected chi connectivity index (χ0v) is 19.2. The summed E-state index contributed by atoms with van der Waals surface area (Å²) in [6, 6.07) is 2.64. The van der Waals surface area contributed by atoms with Crippen LogP contribution in [0.4, 0.5) is 0 Å². The molecule has 0 bridgehead atoms. The molecule has 7 heteroatoms. The highest BCUT2D eigenvalue weighted by Gasteiger charge is 2.40. The van der Waals surface area contributed by atoms with E-state index < -0.39 is 0 Å². The lowest BCUT2D eigenvalue weighted by Crippen LogP contribution is -2.42. The van der Waals surface area contributed by atoms with E-state index in [0.717, 1.165) is 43.1 Å². The monoisotopic (exact) mass is 433 g/mol. The van der Waals surface area contributed by atoms with Crippen molar-refractivity contribution in [2.24, 2.45) is 0 Å². The number of rotatable bonds is 15. The Kier molecular flexibility index (Phi) is 10.5. The number of amides is 2. The average Bonchev–Trinajstić information content (AvgIpc) is 3.18. The van der Waals surface area contributed by atoms with Crippen molar-refractivity contribution in [1.29, 1.82) is 0 Å². The molecule has 0 aromatic carbocycles. The van der Waals surface area contributed by atoms with Crippen LogP contribution in [0.1, 0.15) is 90.9 Å². The number of carbonyl (C=O) groups is 2. The minimum atomic E-state index is -0.364. The summed E-state index contributed by atoms with van der Waals surface area (Å²) in [5, 5.41) is 22.9. The summed E-state index contributed by atoms with van der Waals surface area (Å²) in [5.74, 6) is -1.17. The first-order valence-corrected chi connectivity index (χ1v) is 12.0. The molecule has 0 unspecified atom stereocenters. The molecule has 0 saturated carbocycles. The lowest BCUT2D eigenvalue weighted by atomic mass is 10.1. The van der Waals surface area contributed by atoms with Gasteiger partial charge in [0.25, 0.3) is 11.8 Å². The molecule has 1 aromatic heterocycles. The van der Waals surface area contributed by atoms with Crippen LogP contribution in [-0.2, 0) is 9.59 Å². The Morgan fingerprint density at radius 3 is 1.48 bits per heavy atom. The Balaban J connectivity index is 2.04. The van der Waals surface area contributed by atoms with Crippen molar-refractivity contribution in [3.63, 3.8) is 0 Å². The molecule has 1 aliphatic rings. The summed E-state index contributed by atoms with van der Waals surface area (Å²) in [6.07, 6.45) is 14.5. The summed E-state index contributed by atoms with van der Waals surface area (Å²) >= 11 is 0. The van der Waals surface area contributed by atoms with Gasteiger partial charge in [-0.2, -0.15) is 0 Å². The summed E-state index contributed by atoms with van der Waals surface area (Å²) in [5.41, 5.74) is -0.0289. The molecule has 7 nitrogen and oxygen atoms in total. The van der Waals surface area contributed by atoms with Gasteiger partial charge in [-0.1, -0.05) is 78.1 Å². The van der Waals surface area contributed by atoms with E-state index in [1.807, 2.05) is 0 Å². The van der Waals surface area contributed by atoms with E-state index in [0.29, 0.717) is 13.1 Å². The quantitative estimate of drug-likeness (QED) is 0.230. The zero-order valence-electron chi connectivity index (χ0n) is 19.2. The van der Waals surface area contributed by atoms with Crippen LogP contribution < -0.4 is 0 Å². The van der Waals surface area contributed by atoms with E-state index in [1.54, 1.807) is 10.0 Å². The maximum absolute atomic E-state index is 13.0. The Bertz CT molecular complexity index is 686. The van der Waals surface area contributed by atoms with Gasteiger partial charge in [-0.05, 0) is 12.8 Å². The summed E-state index contributed by atoms with van der Waals surface area (Å²) in [6.45, 7) is 5.38. The summed E-state index contributed by atoms with van der Waals surface area (Å²) < 4.78 is 1.06. The number of hydrazine groups is 1. The molecule has 31 heavy (non-hydrogen) atoms. The van der Waals surface area contributed by atoms with Crippen LogP contribution in [0.2, 0.25) is 0 Å². The third-order valence-electron chi connectivity index (χ3n) is 5.80. The molecule has 2 amide bonds. The van der Waals surface area contributed by atoms with Crippen molar-refractivity contribution in [3.8, 4) is 11.8 Å². The second kappa shape index (κ2) is 13.1. The first kappa shape index (κ1) is 24.8. The second-order valence-electron chi connectivity index (χ2n) is 8.35. The van der Waals surface area contributed by atoms with Gasteiger partial charge < -0.3 is 10.2 Å². The molecule has 0 aliphatic carbocycles. The minimum Gasteiger partial charge on any atom is -0.494 e. The molecule has 2 rings (SSSR count). The highest BCUT2D eigenvalue weighted by atomic mass is 16.3. The van der Waals surface area contributed by atoms with Crippen LogP contribution in [0.15, 0.2) is 17.7 Å². The van der Waals surface area contributed by atoms with Gasteiger partial charge in [-0.15, -0.1) is 0 Å². The normalized spacial score (nSPS) is 14.2. The van der Waals surface area contributed by atoms with Gasteiger partial charge in [0.2, 0.25) is 0 Å². The fraction of sp³-hybridized carbons (Fsp3) is 0.667. The lowest BCUT2D eigenvalue weighted by molar-refractivity contribution is -0.147. The largest absolute Gasteiger partial charge is 0.494 e. The van der Waals surface area contributed by atoms with E-state index in [1.165, 1.54) is 56.9 Å². The highest BCUT2D eigenvalue weighted by Crippen LogP contribution is 2.27. The van der Waals surface area contributed by atoms with Crippen LogP contribution in [-0.4, -0.2) is 49.7 Å². The third-order valence-corrected chi connectivity index (χ3v) is 5.80. The molecule has 0 radical (unpaired) electrons. The number of aromatic nitrogens is 1. The fourth-order valence-electron chi connectivity index (χ4n) is 3.92. The van der Waals surface area contributed by atoms with Gasteiger partial charge in [0.1, 0.15) is 5.57 Å². The third kappa shape index (κ3) is 7.04. The summed E-state index contributed by atoms with van der Waals surface area (Å²) in [4.78, 5) is 26.1. The van der Waals surface area contributed by atoms with Gasteiger partial charge in [0.05, 0.1) is 0 Å². The number of hydrogen-bond donors (Lipinski definition) is 2. The Hall–Kier alpha value is -2.44. The zero-order chi connectivity index (χ0) is 22.6. The topological polar surface area (TPSA) is 86.0 Å². The highest BCUT2D eigenvalue weighted by molar-refractivity contribution is 6.24. The van der Waals surface area contributed by atoms with Crippen LogP contribution >= 0.6 is 0 Å². The van der Waals surface area contributed by atoms with Gasteiger partial charge in [-0.25, -0.2) is 10.0 Å². The average molecular weight is 434 g/mol. The first-order chi connectivity index (χ1) is 15.0. The van der Waals surface area contributed by atoms with E-state index in [9.17, 15) is 19.8 Å². The van der Waals surface area contributed by atoms with Crippen LogP contribution in [0.5, 0.6) is 11.8 Å². The minimum absolute atomic E-state index is 0.0289. The van der Waals surface area contributed by atoms with E-state index in [-0.39, 0.29) is 29.1 Å². The van der Waals surface area contributed by atoms with Crippen molar-refractivity contribution in [3.05, 3.63) is 17.7 Å². The molecule has 1 aromatic rings. The predicted molar refractivity (Wildman–Crippen MR) is 122 cm³/mol. The number of unbranched alkanes of at least 4 members (excludes halogenated alkanes) is 10. The maximum Gasteiger partial charge on any atom is 0.279 e. The summed E-state index contributed by atoms with van der Waals surface area (Å²) in [7, 11) is 0. The van der Waals surface area contributed by atoms with Crippen molar-refractivity contribution in [1.82, 2.24) is 14.6 Å². The van der Waals surface area contributed by atoms with Gasteiger partial charge in [-0.3, -0.25) is 14.2 Å². The number of hydrogen-bond acceptors (Lipinski definition) is 4. The van der Waals surface area contributed by atoms with Crippen LogP contribution in [0, 0.1) is 0 Å². The SMILES string of the molecule is CCCCCCCCN1C(=O)C(=Cn2c(O)ccc2O)C(=O)N1CCCCCCCC. The molecule has 0 atom stereocenters. The molecule has 2 N–H and O–H groups in total. The Morgan fingerprint density at radius 2 is 1.06 bits per heavy atom. The molecule has 1 saturated heterocycles.